The van der Waals surface area contributed by atoms with E-state index < -0.39 is 8.80 Å². The molecule has 4 nitrogen and oxygen atoms in total. The molecule has 0 fully saturated rings. The molecule has 17 heavy (non-hydrogen) atoms. The molecule has 1 atom stereocenters. The van der Waals surface area contributed by atoms with Crippen LogP contribution < -0.4 is 0 Å². The van der Waals surface area contributed by atoms with Crippen LogP contribution in [0.3, 0.4) is 0 Å². The highest BCUT2D eigenvalue weighted by molar-refractivity contribution is 6.60. The van der Waals surface area contributed by atoms with Gasteiger partial charge in [0, 0.05) is 32.5 Å². The molecule has 0 aromatic heterocycles. The molecule has 0 saturated carbocycles. The Hall–Kier alpha value is 0.0569. The summed E-state index contributed by atoms with van der Waals surface area (Å²) >= 11 is 0. The molecule has 0 radical (unpaired) electrons. The van der Waals surface area contributed by atoms with Crippen LogP contribution in [0, 0.1) is 0 Å². The first kappa shape index (κ1) is 17.1. The maximum atomic E-state index is 5.80. The second-order valence-electron chi connectivity index (χ2n) is 3.67. The summed E-state index contributed by atoms with van der Waals surface area (Å²) in [6.07, 6.45) is 1.12. The van der Waals surface area contributed by atoms with Crippen LogP contribution >= 0.6 is 0 Å². The lowest BCUT2D eigenvalue weighted by Crippen LogP contribution is -2.48. The fourth-order valence-electron chi connectivity index (χ4n) is 1.80. The zero-order valence-corrected chi connectivity index (χ0v) is 13.0. The summed E-state index contributed by atoms with van der Waals surface area (Å²) in [5.41, 5.74) is 0. The average Bonchev–Trinajstić information content (AvgIpc) is 2.29. The molecule has 0 aliphatic carbocycles. The molecular weight excluding hydrogens is 236 g/mol. The van der Waals surface area contributed by atoms with Gasteiger partial charge in [0.25, 0.3) is 0 Å². The van der Waals surface area contributed by atoms with E-state index in [1.807, 2.05) is 27.7 Å². The quantitative estimate of drug-likeness (QED) is 0.538. The molecule has 0 amide bonds. The minimum atomic E-state index is -2.54. The molecule has 0 N–H and O–H groups in total. The Kier molecular flexibility index (Phi) is 10.1. The number of ether oxygens (including phenoxy) is 1. The molecule has 0 rings (SSSR count). The van der Waals surface area contributed by atoms with Gasteiger partial charge < -0.3 is 18.0 Å². The number of hydrogen-bond acceptors (Lipinski definition) is 4. The summed E-state index contributed by atoms with van der Waals surface area (Å²) in [7, 11) is -2.54. The second-order valence-corrected chi connectivity index (χ2v) is 6.31. The van der Waals surface area contributed by atoms with Crippen molar-refractivity contribution in [3.8, 4) is 0 Å². The third kappa shape index (κ3) is 6.52. The van der Waals surface area contributed by atoms with Gasteiger partial charge in [0.1, 0.15) is 0 Å². The molecule has 0 heterocycles. The maximum Gasteiger partial charge on any atom is 0.503 e. The summed E-state index contributed by atoms with van der Waals surface area (Å²) in [5, 5.41) is 0. The number of rotatable bonds is 11. The molecule has 104 valence electrons. The van der Waals surface area contributed by atoms with Gasteiger partial charge in [-0.1, -0.05) is 6.92 Å². The lowest BCUT2D eigenvalue weighted by molar-refractivity contribution is 0.0292. The Morgan fingerprint density at radius 1 is 0.765 bits per heavy atom. The first-order chi connectivity index (χ1) is 8.17. The van der Waals surface area contributed by atoms with Crippen molar-refractivity contribution in [2.24, 2.45) is 0 Å². The van der Waals surface area contributed by atoms with Crippen LogP contribution in [0.4, 0.5) is 0 Å². The zero-order chi connectivity index (χ0) is 13.1. The van der Waals surface area contributed by atoms with Gasteiger partial charge in [-0.15, -0.1) is 0 Å². The van der Waals surface area contributed by atoms with Crippen molar-refractivity contribution in [2.75, 3.05) is 26.4 Å². The third-order valence-corrected chi connectivity index (χ3v) is 5.57. The molecule has 0 aliphatic heterocycles. The minimum absolute atomic E-state index is 0.163. The minimum Gasteiger partial charge on any atom is -0.379 e. The van der Waals surface area contributed by atoms with Crippen molar-refractivity contribution < 1.29 is 18.0 Å². The zero-order valence-electron chi connectivity index (χ0n) is 12.0. The van der Waals surface area contributed by atoms with E-state index in [0.717, 1.165) is 12.5 Å². The van der Waals surface area contributed by atoms with Crippen LogP contribution in [0.25, 0.3) is 0 Å². The molecule has 0 spiro atoms. The Bertz CT molecular complexity index is 161. The molecule has 0 aromatic carbocycles. The predicted octanol–water partition coefficient (Wildman–Crippen LogP) is 2.85. The van der Waals surface area contributed by atoms with Crippen molar-refractivity contribution >= 4 is 8.80 Å². The Balaban J connectivity index is 4.59. The van der Waals surface area contributed by atoms with Crippen molar-refractivity contribution in [3.63, 3.8) is 0 Å². The van der Waals surface area contributed by atoms with Gasteiger partial charge in [-0.25, -0.2) is 0 Å². The molecule has 1 unspecified atom stereocenters. The van der Waals surface area contributed by atoms with E-state index in [1.165, 1.54) is 0 Å². The van der Waals surface area contributed by atoms with Gasteiger partial charge in [0.2, 0.25) is 0 Å². The monoisotopic (exact) mass is 264 g/mol. The Morgan fingerprint density at radius 2 is 1.24 bits per heavy atom. The van der Waals surface area contributed by atoms with E-state index in [0.29, 0.717) is 26.4 Å². The van der Waals surface area contributed by atoms with Crippen LogP contribution in [-0.2, 0) is 18.0 Å². The highest BCUT2D eigenvalue weighted by atomic mass is 28.4. The largest absolute Gasteiger partial charge is 0.503 e. The van der Waals surface area contributed by atoms with Gasteiger partial charge in [-0.3, -0.25) is 0 Å². The van der Waals surface area contributed by atoms with Gasteiger partial charge >= 0.3 is 8.80 Å². The lowest BCUT2D eigenvalue weighted by Gasteiger charge is -2.31. The summed E-state index contributed by atoms with van der Waals surface area (Å²) in [5.74, 6) is 0. The molecular formula is C12H28O4Si. The van der Waals surface area contributed by atoms with E-state index in [-0.39, 0.29) is 6.10 Å². The third-order valence-electron chi connectivity index (χ3n) is 2.43. The maximum absolute atomic E-state index is 5.80. The van der Waals surface area contributed by atoms with Crippen LogP contribution in [0.5, 0.6) is 0 Å². The summed E-state index contributed by atoms with van der Waals surface area (Å²) < 4.78 is 23.1. The van der Waals surface area contributed by atoms with Crippen molar-refractivity contribution in [2.45, 2.75) is 53.2 Å². The van der Waals surface area contributed by atoms with Crippen LogP contribution in [-0.4, -0.2) is 41.3 Å². The van der Waals surface area contributed by atoms with Crippen molar-refractivity contribution in [3.05, 3.63) is 0 Å². The van der Waals surface area contributed by atoms with Gasteiger partial charge in [-0.2, -0.15) is 0 Å². The van der Waals surface area contributed by atoms with Crippen molar-refractivity contribution in [1.82, 2.24) is 0 Å². The van der Waals surface area contributed by atoms with E-state index in [2.05, 4.69) is 6.92 Å². The topological polar surface area (TPSA) is 36.9 Å². The summed E-state index contributed by atoms with van der Waals surface area (Å²) in [4.78, 5) is 0. The SMILES string of the molecule is CCOC(CC)C[Si](OCC)(OCC)OCC. The molecule has 5 heteroatoms. The van der Waals surface area contributed by atoms with E-state index in [9.17, 15) is 0 Å². The fraction of sp³-hybridized carbons (Fsp3) is 1.00. The molecule has 0 aliphatic rings. The predicted molar refractivity (Wildman–Crippen MR) is 71.1 cm³/mol. The van der Waals surface area contributed by atoms with Crippen molar-refractivity contribution in [1.29, 1.82) is 0 Å². The number of hydrogen-bond donors (Lipinski definition) is 0. The molecule has 0 saturated heterocycles. The highest BCUT2D eigenvalue weighted by Gasteiger charge is 2.42. The van der Waals surface area contributed by atoms with Gasteiger partial charge in [0.15, 0.2) is 0 Å². The second kappa shape index (κ2) is 10.0. The van der Waals surface area contributed by atoms with E-state index in [1.54, 1.807) is 0 Å². The van der Waals surface area contributed by atoms with Gasteiger partial charge in [-0.05, 0) is 34.1 Å². The van der Waals surface area contributed by atoms with E-state index >= 15 is 0 Å². The van der Waals surface area contributed by atoms with E-state index in [4.69, 9.17) is 18.0 Å². The van der Waals surface area contributed by atoms with Crippen LogP contribution in [0.1, 0.15) is 41.0 Å². The lowest BCUT2D eigenvalue weighted by atomic mass is 10.3. The molecule has 0 bridgehead atoms. The highest BCUT2D eigenvalue weighted by Crippen LogP contribution is 2.21. The summed E-state index contributed by atoms with van der Waals surface area (Å²) in [6.45, 7) is 12.6. The average molecular weight is 264 g/mol. The first-order valence-corrected chi connectivity index (χ1v) is 8.64. The molecule has 0 aromatic rings. The smallest absolute Gasteiger partial charge is 0.379 e. The van der Waals surface area contributed by atoms with Gasteiger partial charge in [0.05, 0.1) is 6.10 Å². The standard InChI is InChI=1S/C12H28O4Si/c1-6-12(13-7-2)11-17(14-8-3,15-9-4)16-10-5/h12H,6-11H2,1-5H3. The van der Waals surface area contributed by atoms with Crippen LogP contribution in [0.15, 0.2) is 0 Å². The fourth-order valence-corrected chi connectivity index (χ4v) is 4.68. The van der Waals surface area contributed by atoms with Crippen LogP contribution in [0.2, 0.25) is 6.04 Å². The Morgan fingerprint density at radius 3 is 1.53 bits per heavy atom. The summed E-state index contributed by atoms with van der Waals surface area (Å²) in [6, 6.07) is 0.743. The Labute approximate surface area is 107 Å². The first-order valence-electron chi connectivity index (χ1n) is 6.71. The normalized spacial score (nSPS) is 13.9.